The van der Waals surface area contributed by atoms with Crippen molar-refractivity contribution in [3.05, 3.63) is 81.2 Å². The minimum absolute atomic E-state index is 0.167. The molecule has 1 aromatic carbocycles. The molecule has 142 valence electrons. The first kappa shape index (κ1) is 18.6. The Morgan fingerprint density at radius 2 is 1.96 bits per heavy atom. The number of aryl methyl sites for hydroxylation is 1. The van der Waals surface area contributed by atoms with Gasteiger partial charge >= 0.3 is 0 Å². The van der Waals surface area contributed by atoms with Gasteiger partial charge in [-0.3, -0.25) is 4.79 Å². The van der Waals surface area contributed by atoms with Crippen LogP contribution in [0.4, 0.5) is 4.39 Å². The number of carbonyl (C=O) groups excluding carboxylic acids is 1. The third-order valence-corrected chi connectivity index (χ3v) is 5.02. The van der Waals surface area contributed by atoms with Crippen molar-refractivity contribution in [3.8, 4) is 5.69 Å². The molecular formula is C19H14BrClFN5O. The molecule has 3 heterocycles. The summed E-state index contributed by atoms with van der Waals surface area (Å²) in [5.74, 6) is -0.713. The van der Waals surface area contributed by atoms with Gasteiger partial charge in [-0.05, 0) is 59.3 Å². The number of carbonyl (C=O) groups is 1. The van der Waals surface area contributed by atoms with Crippen molar-refractivity contribution in [1.29, 1.82) is 0 Å². The molecule has 0 unspecified atom stereocenters. The Kier molecular flexibility index (Phi) is 4.91. The van der Waals surface area contributed by atoms with Gasteiger partial charge in [0.2, 0.25) is 0 Å². The second-order valence-corrected chi connectivity index (χ2v) is 7.44. The highest BCUT2D eigenvalue weighted by molar-refractivity contribution is 9.10. The molecule has 3 aromatic heterocycles. The number of pyridine rings is 1. The average molecular weight is 463 g/mol. The summed E-state index contributed by atoms with van der Waals surface area (Å²) in [4.78, 5) is 17.1. The van der Waals surface area contributed by atoms with Gasteiger partial charge in [0, 0.05) is 16.9 Å². The average Bonchev–Trinajstić information content (AvgIpc) is 3.20. The van der Waals surface area contributed by atoms with Gasteiger partial charge in [0.15, 0.2) is 0 Å². The number of hydrogen-bond donors (Lipinski definition) is 1. The molecule has 0 spiro atoms. The van der Waals surface area contributed by atoms with Crippen LogP contribution in [-0.2, 0) is 6.54 Å². The van der Waals surface area contributed by atoms with Crippen molar-refractivity contribution in [2.24, 2.45) is 0 Å². The number of amides is 1. The summed E-state index contributed by atoms with van der Waals surface area (Å²) in [6.07, 6.45) is 3.73. The molecule has 1 N–H and O–H groups in total. The summed E-state index contributed by atoms with van der Waals surface area (Å²) < 4.78 is 17.4. The monoisotopic (exact) mass is 461 g/mol. The standard InChI is InChI=1S/C19H14BrClFN5O/c1-11-17(18(21)27(25-11)15-5-3-13(22)4-6-15)19(28)23-8-14-10-26-9-12(20)2-7-16(26)24-14/h2-7,9-10H,8H2,1H3,(H,23,28). The predicted octanol–water partition coefficient (Wildman–Crippen LogP) is 4.31. The van der Waals surface area contributed by atoms with E-state index in [1.807, 2.05) is 28.9 Å². The minimum Gasteiger partial charge on any atom is -0.346 e. The van der Waals surface area contributed by atoms with Crippen molar-refractivity contribution in [2.75, 3.05) is 0 Å². The molecule has 0 saturated carbocycles. The number of rotatable bonds is 4. The maximum Gasteiger partial charge on any atom is 0.256 e. The maximum absolute atomic E-state index is 13.1. The van der Waals surface area contributed by atoms with Gasteiger partial charge in [0.05, 0.1) is 29.2 Å². The van der Waals surface area contributed by atoms with E-state index in [0.717, 1.165) is 10.1 Å². The number of nitrogens with zero attached hydrogens (tertiary/aromatic N) is 4. The van der Waals surface area contributed by atoms with Crippen molar-refractivity contribution in [2.45, 2.75) is 13.5 Å². The Balaban J connectivity index is 1.55. The summed E-state index contributed by atoms with van der Waals surface area (Å²) >= 11 is 9.80. The number of hydrogen-bond acceptors (Lipinski definition) is 3. The lowest BCUT2D eigenvalue weighted by Gasteiger charge is -2.04. The van der Waals surface area contributed by atoms with Crippen molar-refractivity contribution >= 4 is 39.1 Å². The molecule has 4 aromatic rings. The first-order valence-corrected chi connectivity index (χ1v) is 9.52. The SMILES string of the molecule is Cc1nn(-c2ccc(F)cc2)c(Cl)c1C(=O)NCc1cn2cc(Br)ccc2n1. The van der Waals surface area contributed by atoms with Crippen molar-refractivity contribution < 1.29 is 9.18 Å². The van der Waals surface area contributed by atoms with Crippen molar-refractivity contribution in [3.63, 3.8) is 0 Å². The van der Waals surface area contributed by atoms with Gasteiger partial charge < -0.3 is 9.72 Å². The van der Waals surface area contributed by atoms with Crippen LogP contribution in [0.25, 0.3) is 11.3 Å². The van der Waals surface area contributed by atoms with Crippen LogP contribution < -0.4 is 5.32 Å². The third-order valence-electron chi connectivity index (χ3n) is 4.20. The second-order valence-electron chi connectivity index (χ2n) is 6.17. The lowest BCUT2D eigenvalue weighted by atomic mass is 10.2. The van der Waals surface area contributed by atoms with Crippen LogP contribution >= 0.6 is 27.5 Å². The van der Waals surface area contributed by atoms with Crippen LogP contribution in [0.2, 0.25) is 5.15 Å². The molecule has 6 nitrogen and oxygen atoms in total. The lowest BCUT2D eigenvalue weighted by Crippen LogP contribution is -2.23. The third kappa shape index (κ3) is 3.53. The number of nitrogens with one attached hydrogen (secondary N) is 1. The quantitative estimate of drug-likeness (QED) is 0.491. The van der Waals surface area contributed by atoms with Crippen LogP contribution in [0.5, 0.6) is 0 Å². The van der Waals surface area contributed by atoms with Gasteiger partial charge in [0.25, 0.3) is 5.91 Å². The molecule has 0 atom stereocenters. The summed E-state index contributed by atoms with van der Waals surface area (Å²) in [7, 11) is 0. The fraction of sp³-hybridized carbons (Fsp3) is 0.105. The second kappa shape index (κ2) is 7.37. The Morgan fingerprint density at radius 1 is 1.21 bits per heavy atom. The van der Waals surface area contributed by atoms with E-state index in [4.69, 9.17) is 11.6 Å². The number of benzene rings is 1. The Hall–Kier alpha value is -2.71. The minimum atomic E-state index is -0.360. The predicted molar refractivity (Wildman–Crippen MR) is 107 cm³/mol. The van der Waals surface area contributed by atoms with Gasteiger partial charge in [-0.15, -0.1) is 0 Å². The van der Waals surface area contributed by atoms with Gasteiger partial charge in [-0.1, -0.05) is 11.6 Å². The molecule has 4 rings (SSSR count). The molecule has 0 aliphatic carbocycles. The zero-order valence-corrected chi connectivity index (χ0v) is 17.0. The topological polar surface area (TPSA) is 64.2 Å². The van der Waals surface area contributed by atoms with Gasteiger partial charge in [-0.2, -0.15) is 5.10 Å². The van der Waals surface area contributed by atoms with E-state index in [-0.39, 0.29) is 29.0 Å². The Labute approximate surface area is 173 Å². The van der Waals surface area contributed by atoms with E-state index in [9.17, 15) is 9.18 Å². The zero-order chi connectivity index (χ0) is 19.8. The van der Waals surface area contributed by atoms with Gasteiger partial charge in [-0.25, -0.2) is 14.1 Å². The Bertz CT molecular complexity index is 1190. The number of fused-ring (bicyclic) bond motifs is 1. The summed E-state index contributed by atoms with van der Waals surface area (Å²) in [6.45, 7) is 1.94. The molecule has 0 saturated heterocycles. The largest absolute Gasteiger partial charge is 0.346 e. The maximum atomic E-state index is 13.1. The molecule has 0 radical (unpaired) electrons. The molecule has 0 fully saturated rings. The highest BCUT2D eigenvalue weighted by atomic mass is 79.9. The molecule has 9 heteroatoms. The summed E-state index contributed by atoms with van der Waals surface area (Å²) in [5, 5.41) is 7.30. The summed E-state index contributed by atoms with van der Waals surface area (Å²) in [6, 6.07) is 9.49. The van der Waals surface area contributed by atoms with Crippen LogP contribution in [0.15, 0.2) is 53.3 Å². The fourth-order valence-electron chi connectivity index (χ4n) is 2.87. The number of halogens is 3. The molecule has 0 aliphatic rings. The van der Waals surface area contributed by atoms with E-state index in [1.165, 1.54) is 16.8 Å². The van der Waals surface area contributed by atoms with Crippen molar-refractivity contribution in [1.82, 2.24) is 24.5 Å². The first-order valence-electron chi connectivity index (χ1n) is 8.35. The molecule has 1 amide bonds. The van der Waals surface area contributed by atoms with Gasteiger partial charge in [0.1, 0.15) is 16.6 Å². The van der Waals surface area contributed by atoms with E-state index in [1.54, 1.807) is 19.1 Å². The normalized spacial score (nSPS) is 11.1. The molecule has 0 aliphatic heterocycles. The lowest BCUT2D eigenvalue weighted by molar-refractivity contribution is 0.0950. The van der Waals surface area contributed by atoms with Crippen LogP contribution in [-0.4, -0.2) is 25.1 Å². The van der Waals surface area contributed by atoms with E-state index in [2.05, 4.69) is 31.3 Å². The fourth-order valence-corrected chi connectivity index (χ4v) is 3.58. The van der Waals surface area contributed by atoms with E-state index < -0.39 is 0 Å². The zero-order valence-electron chi connectivity index (χ0n) is 14.7. The first-order chi connectivity index (χ1) is 13.4. The molecular weight excluding hydrogens is 449 g/mol. The highest BCUT2D eigenvalue weighted by Crippen LogP contribution is 2.24. The van der Waals surface area contributed by atoms with E-state index >= 15 is 0 Å². The molecule has 0 bridgehead atoms. The van der Waals surface area contributed by atoms with Crippen LogP contribution in [0.1, 0.15) is 21.7 Å². The number of imidazole rings is 1. The van der Waals surface area contributed by atoms with E-state index in [0.29, 0.717) is 17.1 Å². The molecule has 28 heavy (non-hydrogen) atoms. The van der Waals surface area contributed by atoms with Crippen LogP contribution in [0.3, 0.4) is 0 Å². The smallest absolute Gasteiger partial charge is 0.256 e. The van der Waals surface area contributed by atoms with Crippen LogP contribution in [0, 0.1) is 12.7 Å². The number of aromatic nitrogens is 4. The Morgan fingerprint density at radius 3 is 2.71 bits per heavy atom. The summed E-state index contributed by atoms with van der Waals surface area (Å²) in [5.41, 5.74) is 2.82. The highest BCUT2D eigenvalue weighted by Gasteiger charge is 2.21.